The highest BCUT2D eigenvalue weighted by molar-refractivity contribution is 5.75. The van der Waals surface area contributed by atoms with Gasteiger partial charge in [-0.15, -0.1) is 10.2 Å². The van der Waals surface area contributed by atoms with Crippen molar-refractivity contribution < 1.29 is 14.2 Å². The van der Waals surface area contributed by atoms with Crippen LogP contribution >= 0.6 is 0 Å². The van der Waals surface area contributed by atoms with Crippen LogP contribution in [-0.2, 0) is 0 Å². The van der Waals surface area contributed by atoms with Crippen molar-refractivity contribution >= 4 is 5.82 Å². The highest BCUT2D eigenvalue weighted by atomic mass is 19.1. The van der Waals surface area contributed by atoms with Crippen molar-refractivity contribution in [3.05, 3.63) is 48.4 Å². The number of aromatic hydroxyl groups is 1. The first kappa shape index (κ1) is 22.5. The summed E-state index contributed by atoms with van der Waals surface area (Å²) in [6, 6.07) is 10.2. The van der Waals surface area contributed by atoms with E-state index in [0.717, 1.165) is 18.7 Å². The molecule has 1 aromatic carbocycles. The molecule has 0 amide bonds. The van der Waals surface area contributed by atoms with Gasteiger partial charge in [0.15, 0.2) is 5.82 Å². The standard InChI is InChI=1S/C26H30FN5O2/c1-25-8-9-26(2,31-25)15-18(14-25)32(3)22-6-5-20(29-30-22)24-19(27)11-17(12-21(24)33)16-7-10-28-23(13-16)34-4/h5-7,10-13,18,31,33H,8-9,14-15H2,1-4H3/t18?,25-,26+. The van der Waals surface area contributed by atoms with Crippen LogP contribution in [0, 0.1) is 5.82 Å². The Bertz CT molecular complexity index is 1180. The lowest BCUT2D eigenvalue weighted by molar-refractivity contribution is 0.207. The fourth-order valence-corrected chi connectivity index (χ4v) is 5.64. The number of halogens is 1. The number of hydrogen-bond acceptors (Lipinski definition) is 7. The molecule has 5 rings (SSSR count). The number of benzene rings is 1. The van der Waals surface area contributed by atoms with Gasteiger partial charge in [0, 0.05) is 36.4 Å². The molecule has 2 aromatic heterocycles. The Morgan fingerprint density at radius 1 is 1.06 bits per heavy atom. The summed E-state index contributed by atoms with van der Waals surface area (Å²) in [5, 5.41) is 23.1. The van der Waals surface area contributed by atoms with Crippen molar-refractivity contribution in [2.45, 2.75) is 56.7 Å². The Morgan fingerprint density at radius 2 is 1.79 bits per heavy atom. The zero-order valence-electron chi connectivity index (χ0n) is 20.0. The molecule has 2 aliphatic rings. The van der Waals surface area contributed by atoms with Gasteiger partial charge in [-0.25, -0.2) is 9.37 Å². The van der Waals surface area contributed by atoms with Gasteiger partial charge in [-0.1, -0.05) is 0 Å². The number of fused-ring (bicyclic) bond motifs is 2. The Morgan fingerprint density at radius 3 is 2.41 bits per heavy atom. The lowest BCUT2D eigenvalue weighted by atomic mass is 9.84. The number of phenolic OH excluding ortho intramolecular Hbond substituents is 1. The van der Waals surface area contributed by atoms with E-state index >= 15 is 4.39 Å². The van der Waals surface area contributed by atoms with Crippen LogP contribution in [0.2, 0.25) is 0 Å². The van der Waals surface area contributed by atoms with Crippen LogP contribution < -0.4 is 15.0 Å². The Kier molecular flexibility index (Phi) is 5.43. The van der Waals surface area contributed by atoms with Crippen molar-refractivity contribution in [1.29, 1.82) is 0 Å². The molecule has 2 N–H and O–H groups in total. The molecule has 3 atom stereocenters. The Hall–Kier alpha value is -3.26. The predicted molar refractivity (Wildman–Crippen MR) is 129 cm³/mol. The van der Waals surface area contributed by atoms with Gasteiger partial charge in [-0.3, -0.25) is 0 Å². The van der Waals surface area contributed by atoms with E-state index in [1.165, 1.54) is 32.1 Å². The van der Waals surface area contributed by atoms with Gasteiger partial charge < -0.3 is 20.1 Å². The fourth-order valence-electron chi connectivity index (χ4n) is 5.64. The van der Waals surface area contributed by atoms with Gasteiger partial charge >= 0.3 is 0 Å². The largest absolute Gasteiger partial charge is 0.507 e. The molecule has 2 saturated heterocycles. The molecular formula is C26H30FN5O2. The highest BCUT2D eigenvalue weighted by Gasteiger charge is 2.49. The van der Waals surface area contributed by atoms with Crippen molar-refractivity contribution in [2.75, 3.05) is 19.1 Å². The molecule has 34 heavy (non-hydrogen) atoms. The number of ether oxygens (including phenoxy) is 1. The number of rotatable bonds is 5. The summed E-state index contributed by atoms with van der Waals surface area (Å²) in [5.41, 5.74) is 1.82. The van der Waals surface area contributed by atoms with Crippen molar-refractivity contribution in [1.82, 2.24) is 20.5 Å². The molecule has 2 bridgehead atoms. The third-order valence-corrected chi connectivity index (χ3v) is 7.37. The molecule has 0 radical (unpaired) electrons. The molecule has 178 valence electrons. The molecule has 1 unspecified atom stereocenters. The van der Waals surface area contributed by atoms with Crippen LogP contribution in [-0.4, -0.2) is 51.6 Å². The third kappa shape index (κ3) is 4.07. The number of hydrogen-bond donors (Lipinski definition) is 2. The number of anilines is 1. The molecule has 0 spiro atoms. The molecular weight excluding hydrogens is 433 g/mol. The summed E-state index contributed by atoms with van der Waals surface area (Å²) in [6.07, 6.45) is 6.02. The average Bonchev–Trinajstić information content (AvgIpc) is 3.05. The fraction of sp³-hybridized carbons (Fsp3) is 0.423. The van der Waals surface area contributed by atoms with E-state index in [1.54, 1.807) is 24.4 Å². The van der Waals surface area contributed by atoms with Gasteiger partial charge in [-0.2, -0.15) is 0 Å². The maximum Gasteiger partial charge on any atom is 0.213 e. The van der Waals surface area contributed by atoms with Crippen molar-refractivity contribution in [2.24, 2.45) is 0 Å². The first-order valence-electron chi connectivity index (χ1n) is 11.6. The average molecular weight is 464 g/mol. The molecule has 2 fully saturated rings. The molecule has 4 heterocycles. The minimum absolute atomic E-state index is 0.0337. The van der Waals surface area contributed by atoms with E-state index in [4.69, 9.17) is 4.74 Å². The number of phenols is 1. The second kappa shape index (κ2) is 8.20. The third-order valence-electron chi connectivity index (χ3n) is 7.37. The smallest absolute Gasteiger partial charge is 0.213 e. The summed E-state index contributed by atoms with van der Waals surface area (Å²) in [7, 11) is 3.56. The molecule has 0 saturated carbocycles. The predicted octanol–water partition coefficient (Wildman–Crippen LogP) is 4.56. The quantitative estimate of drug-likeness (QED) is 0.574. The Labute approximate surface area is 199 Å². The van der Waals surface area contributed by atoms with Crippen LogP contribution in [0.4, 0.5) is 10.2 Å². The van der Waals surface area contributed by atoms with E-state index in [1.807, 2.05) is 13.1 Å². The van der Waals surface area contributed by atoms with Gasteiger partial charge in [0.2, 0.25) is 5.88 Å². The number of aromatic nitrogens is 3. The van der Waals surface area contributed by atoms with E-state index < -0.39 is 5.82 Å². The normalized spacial score (nSPS) is 25.9. The lowest BCUT2D eigenvalue weighted by Crippen LogP contribution is -2.58. The number of methoxy groups -OCH3 is 1. The van der Waals surface area contributed by atoms with Crippen LogP contribution in [0.3, 0.4) is 0 Å². The topological polar surface area (TPSA) is 83.4 Å². The first-order chi connectivity index (χ1) is 16.2. The second-order valence-electron chi connectivity index (χ2n) is 10.1. The summed E-state index contributed by atoms with van der Waals surface area (Å²) >= 11 is 0. The summed E-state index contributed by atoms with van der Waals surface area (Å²) in [5.74, 6) is 0.383. The van der Waals surface area contributed by atoms with Gasteiger partial charge in [0.05, 0.1) is 18.4 Å². The van der Waals surface area contributed by atoms with Crippen LogP contribution in [0.1, 0.15) is 39.5 Å². The lowest BCUT2D eigenvalue weighted by Gasteiger charge is -2.45. The van der Waals surface area contributed by atoms with Crippen molar-refractivity contribution in [3.63, 3.8) is 0 Å². The van der Waals surface area contributed by atoms with Crippen LogP contribution in [0.5, 0.6) is 11.6 Å². The van der Waals surface area contributed by atoms with Gasteiger partial charge in [-0.05, 0) is 81.0 Å². The van der Waals surface area contributed by atoms with Crippen molar-refractivity contribution in [3.8, 4) is 34.0 Å². The minimum Gasteiger partial charge on any atom is -0.507 e. The molecule has 8 heteroatoms. The SMILES string of the molecule is COc1cc(-c2cc(O)c(-c3ccc(N(C)C4C[C@]5(C)CC[C@](C)(C4)N5)nn3)c(F)c2)ccn1. The molecule has 7 nitrogen and oxygen atoms in total. The molecule has 0 aliphatic carbocycles. The molecule has 2 aliphatic heterocycles. The van der Waals surface area contributed by atoms with E-state index in [-0.39, 0.29) is 28.1 Å². The van der Waals surface area contributed by atoms with Crippen LogP contribution in [0.25, 0.3) is 22.4 Å². The Balaban J connectivity index is 1.39. The van der Waals surface area contributed by atoms with Crippen LogP contribution in [0.15, 0.2) is 42.6 Å². The number of pyridine rings is 1. The van der Waals surface area contributed by atoms with Gasteiger partial charge in [0.25, 0.3) is 0 Å². The number of nitrogens with zero attached hydrogens (tertiary/aromatic N) is 4. The van der Waals surface area contributed by atoms with E-state index in [0.29, 0.717) is 23.0 Å². The summed E-state index contributed by atoms with van der Waals surface area (Å²) < 4.78 is 20.2. The van der Waals surface area contributed by atoms with E-state index in [9.17, 15) is 5.11 Å². The number of piperidine rings is 1. The second-order valence-corrected chi connectivity index (χ2v) is 10.1. The zero-order valence-corrected chi connectivity index (χ0v) is 20.0. The van der Waals surface area contributed by atoms with E-state index in [2.05, 4.69) is 39.2 Å². The van der Waals surface area contributed by atoms with Gasteiger partial charge in [0.1, 0.15) is 11.6 Å². The minimum atomic E-state index is -0.572. The maximum absolute atomic E-state index is 15.1. The molecule has 3 aromatic rings. The monoisotopic (exact) mass is 463 g/mol. The maximum atomic E-state index is 15.1. The highest BCUT2D eigenvalue weighted by Crippen LogP contribution is 2.44. The summed E-state index contributed by atoms with van der Waals surface area (Å²) in [4.78, 5) is 6.24. The summed E-state index contributed by atoms with van der Waals surface area (Å²) in [6.45, 7) is 4.59. The zero-order chi connectivity index (χ0) is 24.1. The number of nitrogens with one attached hydrogen (secondary N) is 1. The first-order valence-corrected chi connectivity index (χ1v) is 11.6.